The van der Waals surface area contributed by atoms with E-state index in [2.05, 4.69) is 36.0 Å². The summed E-state index contributed by atoms with van der Waals surface area (Å²) >= 11 is 0. The first kappa shape index (κ1) is 18.4. The van der Waals surface area contributed by atoms with Gasteiger partial charge in [0.15, 0.2) is 0 Å². The molecule has 0 bridgehead atoms. The minimum atomic E-state index is -0.581. The first-order valence-corrected chi connectivity index (χ1v) is 8.19. The predicted octanol–water partition coefficient (Wildman–Crippen LogP) is 1.33. The van der Waals surface area contributed by atoms with E-state index in [1.807, 2.05) is 6.92 Å². The molecule has 2 atom stereocenters. The van der Waals surface area contributed by atoms with E-state index in [1.165, 1.54) is 13.5 Å². The maximum Gasteiger partial charge on any atom is 0.325 e. The van der Waals surface area contributed by atoms with Gasteiger partial charge in [-0.3, -0.25) is 9.69 Å². The molecule has 1 aliphatic heterocycles. The number of ether oxygens (including phenoxy) is 1. The molecular weight excluding hydrogens is 266 g/mol. The number of likely N-dealkylation sites (N-methyl/N-ethyl adjacent to an activating group) is 1. The fourth-order valence-electron chi connectivity index (χ4n) is 3.01. The molecule has 0 aromatic heterocycles. The van der Waals surface area contributed by atoms with Crippen LogP contribution in [-0.4, -0.2) is 74.2 Å². The molecule has 0 aromatic rings. The maximum absolute atomic E-state index is 12.1. The third-order valence-electron chi connectivity index (χ3n) is 4.48. The van der Waals surface area contributed by atoms with Crippen molar-refractivity contribution in [3.8, 4) is 0 Å². The number of rotatable bonds is 7. The zero-order valence-electron chi connectivity index (χ0n) is 14.4. The molecular formula is C16H33N3O2. The smallest absolute Gasteiger partial charge is 0.325 e. The zero-order valence-corrected chi connectivity index (χ0v) is 14.4. The molecule has 1 saturated heterocycles. The van der Waals surface area contributed by atoms with Crippen molar-refractivity contribution in [2.24, 2.45) is 0 Å². The molecule has 0 aromatic carbocycles. The van der Waals surface area contributed by atoms with Gasteiger partial charge in [-0.25, -0.2) is 0 Å². The summed E-state index contributed by atoms with van der Waals surface area (Å²) in [5.74, 6) is -0.157. The Morgan fingerprint density at radius 3 is 2.76 bits per heavy atom. The molecule has 0 aliphatic carbocycles. The fourth-order valence-corrected chi connectivity index (χ4v) is 3.01. The minimum Gasteiger partial charge on any atom is -0.468 e. The zero-order chi connectivity index (χ0) is 15.9. The molecule has 5 heteroatoms. The van der Waals surface area contributed by atoms with Gasteiger partial charge in [0.1, 0.15) is 5.54 Å². The lowest BCUT2D eigenvalue weighted by Crippen LogP contribution is -2.53. The van der Waals surface area contributed by atoms with Crippen LogP contribution in [0.1, 0.15) is 40.0 Å². The van der Waals surface area contributed by atoms with Crippen LogP contribution in [0.4, 0.5) is 0 Å². The molecule has 2 unspecified atom stereocenters. The van der Waals surface area contributed by atoms with E-state index in [0.29, 0.717) is 6.04 Å². The van der Waals surface area contributed by atoms with E-state index in [9.17, 15) is 4.79 Å². The standard InChI is InChI=1S/C16H33N3O2/c1-6-9-17-16(3,15(20)21-5)8-12-19-11-7-10-18(4)13-14(19)2/h14,17H,6-13H2,1-5H3. The third kappa shape index (κ3) is 5.57. The highest BCUT2D eigenvalue weighted by molar-refractivity contribution is 5.80. The average molecular weight is 299 g/mol. The van der Waals surface area contributed by atoms with Crippen molar-refractivity contribution in [1.29, 1.82) is 0 Å². The van der Waals surface area contributed by atoms with Crippen molar-refractivity contribution < 1.29 is 9.53 Å². The molecule has 21 heavy (non-hydrogen) atoms. The predicted molar refractivity (Wildman–Crippen MR) is 86.5 cm³/mol. The van der Waals surface area contributed by atoms with Crippen LogP contribution < -0.4 is 5.32 Å². The normalized spacial score (nSPS) is 24.3. The molecule has 0 spiro atoms. The van der Waals surface area contributed by atoms with Gasteiger partial charge in [0.25, 0.3) is 0 Å². The van der Waals surface area contributed by atoms with Crippen LogP contribution in [0.3, 0.4) is 0 Å². The van der Waals surface area contributed by atoms with Gasteiger partial charge < -0.3 is 15.0 Å². The Hall–Kier alpha value is -0.650. The number of hydrogen-bond acceptors (Lipinski definition) is 5. The molecule has 1 heterocycles. The highest BCUT2D eigenvalue weighted by atomic mass is 16.5. The van der Waals surface area contributed by atoms with Crippen LogP contribution in [0.25, 0.3) is 0 Å². The number of esters is 1. The number of carbonyl (C=O) groups is 1. The second-order valence-electron chi connectivity index (χ2n) is 6.50. The van der Waals surface area contributed by atoms with Crippen LogP contribution in [0, 0.1) is 0 Å². The summed E-state index contributed by atoms with van der Waals surface area (Å²) in [5.41, 5.74) is -0.581. The van der Waals surface area contributed by atoms with Gasteiger partial charge >= 0.3 is 5.97 Å². The summed E-state index contributed by atoms with van der Waals surface area (Å²) in [5, 5.41) is 3.36. The lowest BCUT2D eigenvalue weighted by molar-refractivity contribution is -0.148. The summed E-state index contributed by atoms with van der Waals surface area (Å²) < 4.78 is 4.99. The van der Waals surface area contributed by atoms with E-state index in [0.717, 1.165) is 45.6 Å². The van der Waals surface area contributed by atoms with Gasteiger partial charge in [-0.15, -0.1) is 0 Å². The van der Waals surface area contributed by atoms with Crippen LogP contribution in [0.2, 0.25) is 0 Å². The molecule has 5 nitrogen and oxygen atoms in total. The summed E-state index contributed by atoms with van der Waals surface area (Å²) in [6.45, 7) is 11.5. The Bertz CT molecular complexity index is 325. The van der Waals surface area contributed by atoms with Crippen molar-refractivity contribution in [1.82, 2.24) is 15.1 Å². The minimum absolute atomic E-state index is 0.157. The van der Waals surface area contributed by atoms with Crippen LogP contribution in [-0.2, 0) is 9.53 Å². The Kier molecular flexibility index (Phi) is 7.63. The first-order valence-electron chi connectivity index (χ1n) is 8.19. The van der Waals surface area contributed by atoms with Gasteiger partial charge in [-0.05, 0) is 59.8 Å². The monoisotopic (exact) mass is 299 g/mol. The SMILES string of the molecule is CCCNC(C)(CCN1CCCN(C)CC1C)C(=O)OC. The molecule has 0 saturated carbocycles. The topological polar surface area (TPSA) is 44.8 Å². The number of carbonyl (C=O) groups excluding carboxylic acids is 1. The molecule has 1 fully saturated rings. The molecule has 0 amide bonds. The Morgan fingerprint density at radius 2 is 2.14 bits per heavy atom. The maximum atomic E-state index is 12.1. The van der Waals surface area contributed by atoms with E-state index in [-0.39, 0.29) is 5.97 Å². The van der Waals surface area contributed by atoms with E-state index < -0.39 is 5.54 Å². The summed E-state index contributed by atoms with van der Waals surface area (Å²) in [6.07, 6.45) is 2.99. The molecule has 0 radical (unpaired) electrons. The Labute approximate surface area is 130 Å². The quantitative estimate of drug-likeness (QED) is 0.719. The number of nitrogens with zero attached hydrogens (tertiary/aromatic N) is 2. The van der Waals surface area contributed by atoms with Crippen LogP contribution in [0.15, 0.2) is 0 Å². The van der Waals surface area contributed by atoms with Crippen LogP contribution in [0.5, 0.6) is 0 Å². The second-order valence-corrected chi connectivity index (χ2v) is 6.50. The molecule has 1 rings (SSSR count). The van der Waals surface area contributed by atoms with E-state index in [1.54, 1.807) is 0 Å². The largest absolute Gasteiger partial charge is 0.468 e. The van der Waals surface area contributed by atoms with Gasteiger partial charge in [0.05, 0.1) is 7.11 Å². The first-order chi connectivity index (χ1) is 9.92. The summed E-state index contributed by atoms with van der Waals surface area (Å²) in [4.78, 5) is 17.0. The van der Waals surface area contributed by atoms with Gasteiger partial charge in [0.2, 0.25) is 0 Å². The van der Waals surface area contributed by atoms with Crippen molar-refractivity contribution in [3.05, 3.63) is 0 Å². The van der Waals surface area contributed by atoms with E-state index in [4.69, 9.17) is 4.74 Å². The van der Waals surface area contributed by atoms with Gasteiger partial charge in [0, 0.05) is 19.1 Å². The van der Waals surface area contributed by atoms with Gasteiger partial charge in [-0.1, -0.05) is 6.92 Å². The Morgan fingerprint density at radius 1 is 1.43 bits per heavy atom. The lowest BCUT2D eigenvalue weighted by atomic mass is 9.96. The third-order valence-corrected chi connectivity index (χ3v) is 4.48. The number of methoxy groups -OCH3 is 1. The highest BCUT2D eigenvalue weighted by Crippen LogP contribution is 2.16. The average Bonchev–Trinajstić information content (AvgIpc) is 2.62. The lowest BCUT2D eigenvalue weighted by Gasteiger charge is -2.33. The van der Waals surface area contributed by atoms with Crippen molar-refractivity contribution in [3.63, 3.8) is 0 Å². The van der Waals surface area contributed by atoms with Crippen molar-refractivity contribution in [2.75, 3.05) is 46.9 Å². The molecule has 1 N–H and O–H groups in total. The molecule has 124 valence electrons. The number of hydrogen-bond donors (Lipinski definition) is 1. The summed E-state index contributed by atoms with van der Waals surface area (Å²) in [7, 11) is 3.65. The Balaban J connectivity index is 2.60. The van der Waals surface area contributed by atoms with Crippen molar-refractivity contribution in [2.45, 2.75) is 51.6 Å². The van der Waals surface area contributed by atoms with Crippen LogP contribution >= 0.6 is 0 Å². The van der Waals surface area contributed by atoms with E-state index >= 15 is 0 Å². The fraction of sp³-hybridized carbons (Fsp3) is 0.938. The molecule has 1 aliphatic rings. The van der Waals surface area contributed by atoms with Gasteiger partial charge in [-0.2, -0.15) is 0 Å². The summed E-state index contributed by atoms with van der Waals surface area (Å²) in [6, 6.07) is 0.533. The highest BCUT2D eigenvalue weighted by Gasteiger charge is 2.34. The second kappa shape index (κ2) is 8.71. The van der Waals surface area contributed by atoms with Crippen molar-refractivity contribution >= 4 is 5.97 Å². The number of nitrogens with one attached hydrogen (secondary N) is 1.